The Morgan fingerprint density at radius 2 is 1.12 bits per heavy atom. The Kier molecular flexibility index (Phi) is 5.08. The molecule has 122 valence electrons. The van der Waals surface area contributed by atoms with Crippen LogP contribution in [0.4, 0.5) is 0 Å². The first kappa shape index (κ1) is 16.4. The Bertz CT molecular complexity index is 874. The van der Waals surface area contributed by atoms with Gasteiger partial charge in [0.05, 0.1) is 4.90 Å². The maximum Gasteiger partial charge on any atom is 0.240 e. The number of nitrogens with one attached hydrogen (secondary N) is 1. The Hall–Kier alpha value is -2.43. The summed E-state index contributed by atoms with van der Waals surface area (Å²) < 4.78 is 27.4. The second kappa shape index (κ2) is 7.43. The summed E-state index contributed by atoms with van der Waals surface area (Å²) in [4.78, 5) is 0.287. The second-order valence-corrected chi connectivity index (χ2v) is 7.38. The Labute approximate surface area is 143 Å². The van der Waals surface area contributed by atoms with Crippen molar-refractivity contribution in [2.75, 3.05) is 0 Å². The van der Waals surface area contributed by atoms with Gasteiger partial charge in [-0.3, -0.25) is 0 Å². The average Bonchev–Trinajstić information content (AvgIpc) is 2.62. The third kappa shape index (κ3) is 4.31. The van der Waals surface area contributed by atoms with Gasteiger partial charge < -0.3 is 0 Å². The zero-order chi connectivity index (χ0) is 16.8. The molecule has 0 heterocycles. The van der Waals surface area contributed by atoms with E-state index in [1.54, 1.807) is 12.1 Å². The predicted octanol–water partition coefficient (Wildman–Crippen LogP) is 3.76. The first-order chi connectivity index (χ1) is 11.6. The lowest BCUT2D eigenvalue weighted by Crippen LogP contribution is -2.23. The van der Waals surface area contributed by atoms with E-state index in [0.29, 0.717) is 0 Å². The molecule has 3 rings (SSSR count). The van der Waals surface area contributed by atoms with E-state index in [2.05, 4.69) is 16.9 Å². The van der Waals surface area contributed by atoms with Crippen molar-refractivity contribution in [2.24, 2.45) is 0 Å². The zero-order valence-electron chi connectivity index (χ0n) is 13.2. The van der Waals surface area contributed by atoms with E-state index in [1.165, 1.54) is 5.56 Å². The van der Waals surface area contributed by atoms with Crippen molar-refractivity contribution in [3.63, 3.8) is 0 Å². The topological polar surface area (TPSA) is 46.2 Å². The minimum Gasteiger partial charge on any atom is -0.207 e. The van der Waals surface area contributed by atoms with Crippen molar-refractivity contribution in [3.8, 4) is 0 Å². The van der Waals surface area contributed by atoms with Crippen LogP contribution in [0.15, 0.2) is 89.8 Å². The normalized spacial score (nSPS) is 11.3. The van der Waals surface area contributed by atoms with Crippen molar-refractivity contribution >= 4 is 10.0 Å². The van der Waals surface area contributed by atoms with Gasteiger partial charge in [0.1, 0.15) is 0 Å². The molecule has 0 saturated heterocycles. The summed E-state index contributed by atoms with van der Waals surface area (Å²) in [5.41, 5.74) is 3.22. The van der Waals surface area contributed by atoms with Crippen LogP contribution >= 0.6 is 0 Å². The minimum atomic E-state index is -3.50. The molecule has 0 aliphatic rings. The van der Waals surface area contributed by atoms with Gasteiger partial charge >= 0.3 is 0 Å². The molecule has 24 heavy (non-hydrogen) atoms. The SMILES string of the molecule is O=S(=O)(NCc1ccccc1)c1ccc(Cc2ccccc2)cc1. The summed E-state index contributed by atoms with van der Waals surface area (Å²) in [7, 11) is -3.50. The molecular formula is C20H19NO2S. The molecule has 0 aliphatic carbocycles. The summed E-state index contributed by atoms with van der Waals surface area (Å²) in [5, 5.41) is 0. The molecule has 0 saturated carbocycles. The van der Waals surface area contributed by atoms with E-state index in [0.717, 1.165) is 17.5 Å². The zero-order valence-corrected chi connectivity index (χ0v) is 14.0. The maximum atomic E-state index is 12.4. The fourth-order valence-electron chi connectivity index (χ4n) is 2.48. The van der Waals surface area contributed by atoms with E-state index < -0.39 is 10.0 Å². The van der Waals surface area contributed by atoms with Gasteiger partial charge in [0.2, 0.25) is 10.0 Å². The van der Waals surface area contributed by atoms with Crippen molar-refractivity contribution in [2.45, 2.75) is 17.9 Å². The molecule has 0 amide bonds. The van der Waals surface area contributed by atoms with E-state index in [-0.39, 0.29) is 11.4 Å². The van der Waals surface area contributed by atoms with Gasteiger partial charge in [0.15, 0.2) is 0 Å². The van der Waals surface area contributed by atoms with Gasteiger partial charge in [-0.15, -0.1) is 0 Å². The van der Waals surface area contributed by atoms with Crippen LogP contribution in [0.3, 0.4) is 0 Å². The molecule has 1 N–H and O–H groups in total. The lowest BCUT2D eigenvalue weighted by atomic mass is 10.1. The summed E-state index contributed by atoms with van der Waals surface area (Å²) in [6.45, 7) is 0.287. The highest BCUT2D eigenvalue weighted by atomic mass is 32.2. The fraction of sp³-hybridized carbons (Fsp3) is 0.100. The molecule has 0 fully saturated rings. The summed E-state index contributed by atoms with van der Waals surface area (Å²) in [6, 6.07) is 26.6. The van der Waals surface area contributed by atoms with Crippen molar-refractivity contribution in [3.05, 3.63) is 102 Å². The van der Waals surface area contributed by atoms with Gasteiger partial charge in [0.25, 0.3) is 0 Å². The van der Waals surface area contributed by atoms with Crippen LogP contribution in [0.1, 0.15) is 16.7 Å². The fourth-order valence-corrected chi connectivity index (χ4v) is 3.49. The number of sulfonamides is 1. The highest BCUT2D eigenvalue weighted by Crippen LogP contribution is 2.14. The quantitative estimate of drug-likeness (QED) is 0.744. The summed E-state index contributed by atoms with van der Waals surface area (Å²) >= 11 is 0. The van der Waals surface area contributed by atoms with Crippen LogP contribution in [0.5, 0.6) is 0 Å². The molecule has 3 aromatic rings. The van der Waals surface area contributed by atoms with Crippen LogP contribution in [0.25, 0.3) is 0 Å². The predicted molar refractivity (Wildman–Crippen MR) is 96.2 cm³/mol. The van der Waals surface area contributed by atoms with Crippen molar-refractivity contribution in [1.29, 1.82) is 0 Å². The smallest absolute Gasteiger partial charge is 0.207 e. The highest BCUT2D eigenvalue weighted by molar-refractivity contribution is 7.89. The Morgan fingerprint density at radius 3 is 1.71 bits per heavy atom. The standard InChI is InChI=1S/C20H19NO2S/c22-24(23,21-16-19-9-5-2-6-10-19)20-13-11-18(12-14-20)15-17-7-3-1-4-8-17/h1-14,21H,15-16H2. The van der Waals surface area contributed by atoms with Gasteiger partial charge in [-0.1, -0.05) is 72.8 Å². The lowest BCUT2D eigenvalue weighted by Gasteiger charge is -2.08. The van der Waals surface area contributed by atoms with Gasteiger partial charge in [-0.05, 0) is 35.2 Å². The molecule has 3 nitrogen and oxygen atoms in total. The van der Waals surface area contributed by atoms with Gasteiger partial charge in [-0.25, -0.2) is 13.1 Å². The monoisotopic (exact) mass is 337 g/mol. The lowest BCUT2D eigenvalue weighted by molar-refractivity contribution is 0.581. The van der Waals surface area contributed by atoms with Crippen LogP contribution < -0.4 is 4.72 Å². The molecule has 0 spiro atoms. The minimum absolute atomic E-state index is 0.287. The molecule has 0 atom stereocenters. The highest BCUT2D eigenvalue weighted by Gasteiger charge is 2.13. The largest absolute Gasteiger partial charge is 0.240 e. The summed E-state index contributed by atoms with van der Waals surface area (Å²) in [6.07, 6.45) is 0.790. The van der Waals surface area contributed by atoms with Crippen LogP contribution in [-0.4, -0.2) is 8.42 Å². The van der Waals surface area contributed by atoms with E-state index in [9.17, 15) is 8.42 Å². The Morgan fingerprint density at radius 1 is 0.625 bits per heavy atom. The molecule has 3 aromatic carbocycles. The van der Waals surface area contributed by atoms with Gasteiger partial charge in [-0.2, -0.15) is 0 Å². The van der Waals surface area contributed by atoms with Crippen LogP contribution in [0, 0.1) is 0 Å². The maximum absolute atomic E-state index is 12.4. The first-order valence-electron chi connectivity index (χ1n) is 7.80. The third-order valence-electron chi connectivity index (χ3n) is 3.79. The van der Waals surface area contributed by atoms with Crippen molar-refractivity contribution < 1.29 is 8.42 Å². The molecule has 0 aromatic heterocycles. The number of hydrogen-bond donors (Lipinski definition) is 1. The van der Waals surface area contributed by atoms with E-state index >= 15 is 0 Å². The number of benzene rings is 3. The molecule has 0 bridgehead atoms. The number of hydrogen-bond acceptors (Lipinski definition) is 2. The molecule has 4 heteroatoms. The summed E-state index contributed by atoms with van der Waals surface area (Å²) in [5.74, 6) is 0. The van der Waals surface area contributed by atoms with E-state index in [4.69, 9.17) is 0 Å². The number of rotatable bonds is 6. The first-order valence-corrected chi connectivity index (χ1v) is 9.28. The molecule has 0 unspecified atom stereocenters. The van der Waals surface area contributed by atoms with Crippen LogP contribution in [-0.2, 0) is 23.0 Å². The third-order valence-corrected chi connectivity index (χ3v) is 5.21. The molecule has 0 aliphatic heterocycles. The average molecular weight is 337 g/mol. The van der Waals surface area contributed by atoms with Crippen LogP contribution in [0.2, 0.25) is 0 Å². The van der Waals surface area contributed by atoms with Gasteiger partial charge in [0, 0.05) is 6.54 Å². The second-order valence-electron chi connectivity index (χ2n) is 5.62. The molecule has 0 radical (unpaired) electrons. The van der Waals surface area contributed by atoms with Crippen molar-refractivity contribution in [1.82, 2.24) is 4.72 Å². The molecular weight excluding hydrogens is 318 g/mol. The Balaban J connectivity index is 1.67. The van der Waals surface area contributed by atoms with E-state index in [1.807, 2.05) is 60.7 Å².